The quantitative estimate of drug-likeness (QED) is 0.692. The van der Waals surface area contributed by atoms with Crippen LogP contribution in [-0.2, 0) is 11.3 Å². The van der Waals surface area contributed by atoms with Gasteiger partial charge in [-0.1, -0.05) is 12.1 Å². The third-order valence-electron chi connectivity index (χ3n) is 3.93. The summed E-state index contributed by atoms with van der Waals surface area (Å²) in [7, 11) is 0. The van der Waals surface area contributed by atoms with Gasteiger partial charge in [0.25, 0.3) is 5.56 Å². The van der Waals surface area contributed by atoms with Crippen LogP contribution in [0.2, 0.25) is 0 Å². The van der Waals surface area contributed by atoms with Crippen molar-refractivity contribution in [2.45, 2.75) is 20.4 Å². The molecule has 0 aliphatic rings. The van der Waals surface area contributed by atoms with Gasteiger partial charge in [-0.25, -0.2) is 14.6 Å². The molecule has 1 N–H and O–H groups in total. The minimum atomic E-state index is -1.00. The first-order valence-electron chi connectivity index (χ1n) is 7.90. The van der Waals surface area contributed by atoms with E-state index in [-0.39, 0.29) is 24.3 Å². The van der Waals surface area contributed by atoms with Crippen molar-refractivity contribution in [3.05, 3.63) is 62.5 Å². The zero-order valence-electron chi connectivity index (χ0n) is 14.2. The highest BCUT2D eigenvalue weighted by atomic mass is 32.1. The number of rotatable bonds is 5. The van der Waals surface area contributed by atoms with Gasteiger partial charge < -0.3 is 9.84 Å². The second kappa shape index (κ2) is 7.09. The summed E-state index contributed by atoms with van der Waals surface area (Å²) in [6.07, 6.45) is 1.43. The van der Waals surface area contributed by atoms with E-state index in [0.717, 1.165) is 16.9 Å². The molecular weight excluding hydrogens is 356 g/mol. The number of aryl methyl sites for hydroxylation is 1. The molecule has 0 fully saturated rings. The van der Waals surface area contributed by atoms with Crippen LogP contribution in [0.25, 0.3) is 10.2 Å². The Morgan fingerprint density at radius 1 is 1.27 bits per heavy atom. The van der Waals surface area contributed by atoms with E-state index in [1.54, 1.807) is 26.0 Å². The Balaban J connectivity index is 1.99. The third-order valence-corrected chi connectivity index (χ3v) is 5.11. The molecule has 0 unspecified atom stereocenters. The molecule has 3 aromatic rings. The molecule has 0 aliphatic carbocycles. The molecule has 0 aliphatic heterocycles. The number of carbonyl (C=O) groups is 2. The molecular formula is C18H16N2O5S. The van der Waals surface area contributed by atoms with Gasteiger partial charge in [0.05, 0.1) is 30.4 Å². The second-order valence-corrected chi connectivity index (χ2v) is 6.64. The number of hydrogen-bond donors (Lipinski definition) is 1. The number of carbonyl (C=O) groups excluding carboxylic acids is 1. The van der Waals surface area contributed by atoms with Gasteiger partial charge in [0, 0.05) is 0 Å². The first-order valence-corrected chi connectivity index (χ1v) is 8.72. The maximum atomic E-state index is 12.8. The summed E-state index contributed by atoms with van der Waals surface area (Å²) in [5.74, 6) is -1.46. The fourth-order valence-electron chi connectivity index (χ4n) is 2.61. The van der Waals surface area contributed by atoms with Crippen LogP contribution in [0, 0.1) is 6.92 Å². The highest BCUT2D eigenvalue weighted by molar-refractivity contribution is 7.20. The second-order valence-electron chi connectivity index (χ2n) is 5.64. The predicted molar refractivity (Wildman–Crippen MR) is 97.1 cm³/mol. The maximum absolute atomic E-state index is 12.8. The number of esters is 1. The lowest BCUT2D eigenvalue weighted by Crippen LogP contribution is -2.21. The molecule has 0 saturated carbocycles. The van der Waals surface area contributed by atoms with E-state index in [9.17, 15) is 14.4 Å². The molecule has 134 valence electrons. The van der Waals surface area contributed by atoms with Crippen LogP contribution in [0.1, 0.15) is 38.1 Å². The van der Waals surface area contributed by atoms with Crippen LogP contribution >= 0.6 is 11.3 Å². The number of fused-ring (bicyclic) bond motifs is 1. The molecule has 7 nitrogen and oxygen atoms in total. The van der Waals surface area contributed by atoms with Gasteiger partial charge in [0.1, 0.15) is 9.71 Å². The van der Waals surface area contributed by atoms with Crippen LogP contribution in [0.15, 0.2) is 35.4 Å². The lowest BCUT2D eigenvalue weighted by molar-refractivity contribution is 0.0531. The summed E-state index contributed by atoms with van der Waals surface area (Å²) in [6.45, 7) is 3.95. The average Bonchev–Trinajstić information content (AvgIpc) is 2.95. The topological polar surface area (TPSA) is 98.5 Å². The number of aromatic carboxylic acids is 1. The monoisotopic (exact) mass is 372 g/mol. The van der Waals surface area contributed by atoms with E-state index in [1.807, 2.05) is 0 Å². The Labute approximate surface area is 152 Å². The van der Waals surface area contributed by atoms with Crippen molar-refractivity contribution >= 4 is 33.5 Å². The standard InChI is InChI=1S/C18H16N2O5S/c1-3-25-18(24)14-10(2)13-15(26-14)19-9-20(16(13)21)8-11-4-6-12(7-5-11)17(22)23/h4-7,9H,3,8H2,1-2H3,(H,22,23). The van der Waals surface area contributed by atoms with Crippen LogP contribution in [-0.4, -0.2) is 33.2 Å². The van der Waals surface area contributed by atoms with Gasteiger partial charge >= 0.3 is 11.9 Å². The van der Waals surface area contributed by atoms with Crippen molar-refractivity contribution in [1.29, 1.82) is 0 Å². The molecule has 2 heterocycles. The summed E-state index contributed by atoms with van der Waals surface area (Å²) < 4.78 is 6.46. The van der Waals surface area contributed by atoms with E-state index in [2.05, 4.69) is 4.98 Å². The third kappa shape index (κ3) is 3.23. The molecule has 8 heteroatoms. The normalized spacial score (nSPS) is 10.8. The number of thiophene rings is 1. The van der Waals surface area contributed by atoms with Gasteiger partial charge in [0.15, 0.2) is 0 Å². The number of ether oxygens (including phenoxy) is 1. The van der Waals surface area contributed by atoms with Crippen molar-refractivity contribution in [1.82, 2.24) is 9.55 Å². The molecule has 0 amide bonds. The van der Waals surface area contributed by atoms with Gasteiger partial charge in [-0.15, -0.1) is 11.3 Å². The minimum absolute atomic E-state index is 0.183. The molecule has 0 atom stereocenters. The van der Waals surface area contributed by atoms with Crippen LogP contribution in [0.4, 0.5) is 0 Å². The first kappa shape index (κ1) is 17.8. The zero-order valence-corrected chi connectivity index (χ0v) is 15.0. The number of hydrogen-bond acceptors (Lipinski definition) is 6. The van der Waals surface area contributed by atoms with E-state index in [0.29, 0.717) is 20.7 Å². The van der Waals surface area contributed by atoms with Gasteiger partial charge in [-0.05, 0) is 37.1 Å². The number of carboxylic acid groups (broad SMARTS) is 1. The lowest BCUT2D eigenvalue weighted by atomic mass is 10.1. The SMILES string of the molecule is CCOC(=O)c1sc2ncn(Cc3ccc(C(=O)O)cc3)c(=O)c2c1C. The Morgan fingerprint density at radius 3 is 2.58 bits per heavy atom. The fourth-order valence-corrected chi connectivity index (χ4v) is 3.65. The highest BCUT2D eigenvalue weighted by Crippen LogP contribution is 2.27. The minimum Gasteiger partial charge on any atom is -0.478 e. The summed E-state index contributed by atoms with van der Waals surface area (Å²) in [6, 6.07) is 6.29. The lowest BCUT2D eigenvalue weighted by Gasteiger charge is -2.06. The predicted octanol–water partition coefficient (Wildman–Crippen LogP) is 2.69. The molecule has 3 rings (SSSR count). The van der Waals surface area contributed by atoms with Crippen molar-refractivity contribution in [3.8, 4) is 0 Å². The zero-order chi connectivity index (χ0) is 18.8. The molecule has 0 radical (unpaired) electrons. The van der Waals surface area contributed by atoms with Gasteiger partial charge in [0.2, 0.25) is 0 Å². The Bertz CT molecular complexity index is 1050. The summed E-state index contributed by atoms with van der Waals surface area (Å²) in [5, 5.41) is 9.35. The summed E-state index contributed by atoms with van der Waals surface area (Å²) in [5.41, 5.74) is 1.28. The Kier molecular flexibility index (Phi) is 4.85. The molecule has 1 aromatic carbocycles. The van der Waals surface area contributed by atoms with Gasteiger partial charge in [-0.3, -0.25) is 9.36 Å². The summed E-state index contributed by atoms with van der Waals surface area (Å²) in [4.78, 5) is 40.9. The largest absolute Gasteiger partial charge is 0.478 e. The number of aromatic nitrogens is 2. The van der Waals surface area contributed by atoms with E-state index < -0.39 is 11.9 Å². The number of nitrogens with zero attached hydrogens (tertiary/aromatic N) is 2. The maximum Gasteiger partial charge on any atom is 0.348 e. The smallest absolute Gasteiger partial charge is 0.348 e. The summed E-state index contributed by atoms with van der Waals surface area (Å²) >= 11 is 1.14. The van der Waals surface area contributed by atoms with Crippen LogP contribution in [0.5, 0.6) is 0 Å². The van der Waals surface area contributed by atoms with Crippen molar-refractivity contribution in [3.63, 3.8) is 0 Å². The van der Waals surface area contributed by atoms with E-state index in [1.165, 1.54) is 23.0 Å². The van der Waals surface area contributed by atoms with Crippen molar-refractivity contribution in [2.75, 3.05) is 6.61 Å². The van der Waals surface area contributed by atoms with Crippen molar-refractivity contribution in [2.24, 2.45) is 0 Å². The first-order chi connectivity index (χ1) is 12.4. The van der Waals surface area contributed by atoms with Crippen LogP contribution < -0.4 is 5.56 Å². The highest BCUT2D eigenvalue weighted by Gasteiger charge is 2.20. The Hall–Kier alpha value is -3.00. The van der Waals surface area contributed by atoms with Gasteiger partial charge in [-0.2, -0.15) is 0 Å². The van der Waals surface area contributed by atoms with Crippen LogP contribution in [0.3, 0.4) is 0 Å². The molecule has 2 aromatic heterocycles. The molecule has 0 spiro atoms. The Morgan fingerprint density at radius 2 is 1.96 bits per heavy atom. The van der Waals surface area contributed by atoms with E-state index >= 15 is 0 Å². The fraction of sp³-hybridized carbons (Fsp3) is 0.222. The number of carboxylic acids is 1. The molecule has 26 heavy (non-hydrogen) atoms. The number of benzene rings is 1. The average molecular weight is 372 g/mol. The molecule has 0 saturated heterocycles. The molecule has 0 bridgehead atoms. The van der Waals surface area contributed by atoms with Crippen molar-refractivity contribution < 1.29 is 19.4 Å². The van der Waals surface area contributed by atoms with E-state index in [4.69, 9.17) is 9.84 Å².